The number of aryl methyl sites for hydroxylation is 1. The lowest BCUT2D eigenvalue weighted by atomic mass is 10.1. The van der Waals surface area contributed by atoms with E-state index in [9.17, 15) is 4.79 Å². The summed E-state index contributed by atoms with van der Waals surface area (Å²) in [4.78, 5) is 12.7. The lowest BCUT2D eigenvalue weighted by Gasteiger charge is -2.10. The maximum Gasteiger partial charge on any atom is 0.183 e. The number of hydrogen-bond donors (Lipinski definition) is 1. The van der Waals surface area contributed by atoms with Crippen molar-refractivity contribution in [3.8, 4) is 11.4 Å². The molecule has 3 rings (SSSR count). The molecular weight excluding hydrogens is 312 g/mol. The predicted octanol–water partition coefficient (Wildman–Crippen LogP) is 4.40. The van der Waals surface area contributed by atoms with Crippen LogP contribution in [0.5, 0.6) is 5.75 Å². The summed E-state index contributed by atoms with van der Waals surface area (Å²) in [6.45, 7) is 4.25. The third kappa shape index (κ3) is 3.58. The van der Waals surface area contributed by atoms with Crippen molar-refractivity contribution in [2.75, 3.05) is 19.0 Å². The highest BCUT2D eigenvalue weighted by Crippen LogP contribution is 2.22. The van der Waals surface area contributed by atoms with Crippen molar-refractivity contribution in [3.63, 3.8) is 0 Å². The quantitative estimate of drug-likeness (QED) is 0.680. The van der Waals surface area contributed by atoms with Crippen LogP contribution in [-0.2, 0) is 0 Å². The van der Waals surface area contributed by atoms with E-state index < -0.39 is 0 Å². The molecule has 0 aliphatic heterocycles. The second-order valence-electron chi connectivity index (χ2n) is 5.96. The van der Waals surface area contributed by atoms with Gasteiger partial charge >= 0.3 is 0 Å². The SMILES string of the molecule is COc1cccc(NCC(=O)c2cc(C)n(-c3ccccc3)c2C)c1. The van der Waals surface area contributed by atoms with E-state index in [0.717, 1.165) is 34.1 Å². The van der Waals surface area contributed by atoms with Gasteiger partial charge in [0, 0.05) is 34.4 Å². The summed E-state index contributed by atoms with van der Waals surface area (Å²) in [6.07, 6.45) is 0. The number of benzene rings is 2. The zero-order chi connectivity index (χ0) is 17.8. The van der Waals surface area contributed by atoms with E-state index in [0.29, 0.717) is 0 Å². The van der Waals surface area contributed by atoms with Crippen LogP contribution in [0.3, 0.4) is 0 Å². The molecule has 1 N–H and O–H groups in total. The van der Waals surface area contributed by atoms with Crippen molar-refractivity contribution in [2.45, 2.75) is 13.8 Å². The molecule has 0 amide bonds. The standard InChI is InChI=1S/C21H22N2O2/c1-15-12-20(16(2)23(15)18-9-5-4-6-10-18)21(24)14-22-17-8-7-11-19(13-17)25-3/h4-13,22H,14H2,1-3H3. The van der Waals surface area contributed by atoms with Crippen LogP contribution in [0.2, 0.25) is 0 Å². The summed E-state index contributed by atoms with van der Waals surface area (Å²) >= 11 is 0. The number of hydrogen-bond acceptors (Lipinski definition) is 3. The minimum atomic E-state index is 0.0677. The number of carbonyl (C=O) groups is 1. The lowest BCUT2D eigenvalue weighted by Crippen LogP contribution is -2.15. The Morgan fingerprint density at radius 1 is 1.04 bits per heavy atom. The van der Waals surface area contributed by atoms with Crippen molar-refractivity contribution in [3.05, 3.63) is 77.6 Å². The molecule has 0 saturated carbocycles. The molecule has 0 aliphatic carbocycles. The van der Waals surface area contributed by atoms with Crippen LogP contribution >= 0.6 is 0 Å². The van der Waals surface area contributed by atoms with Gasteiger partial charge in [-0.25, -0.2) is 0 Å². The van der Waals surface area contributed by atoms with E-state index in [4.69, 9.17) is 4.74 Å². The molecule has 0 saturated heterocycles. The van der Waals surface area contributed by atoms with Crippen LogP contribution in [0, 0.1) is 13.8 Å². The number of ether oxygens (including phenoxy) is 1. The first-order valence-corrected chi connectivity index (χ1v) is 8.25. The van der Waals surface area contributed by atoms with E-state index in [1.165, 1.54) is 0 Å². The van der Waals surface area contributed by atoms with Gasteiger partial charge in [-0.15, -0.1) is 0 Å². The van der Waals surface area contributed by atoms with Crippen molar-refractivity contribution >= 4 is 11.5 Å². The largest absolute Gasteiger partial charge is 0.497 e. The summed E-state index contributed by atoms with van der Waals surface area (Å²) in [7, 11) is 1.63. The molecule has 0 spiro atoms. The van der Waals surface area contributed by atoms with Crippen molar-refractivity contribution in [1.82, 2.24) is 4.57 Å². The number of para-hydroxylation sites is 1. The van der Waals surface area contributed by atoms with E-state index in [1.807, 2.05) is 74.5 Å². The maximum absolute atomic E-state index is 12.7. The Morgan fingerprint density at radius 2 is 1.80 bits per heavy atom. The van der Waals surface area contributed by atoms with Crippen LogP contribution in [-0.4, -0.2) is 24.0 Å². The monoisotopic (exact) mass is 334 g/mol. The van der Waals surface area contributed by atoms with Crippen LogP contribution in [0.15, 0.2) is 60.7 Å². The molecular formula is C21H22N2O2. The number of anilines is 1. The molecule has 0 bridgehead atoms. The van der Waals surface area contributed by atoms with Gasteiger partial charge in [-0.3, -0.25) is 4.79 Å². The van der Waals surface area contributed by atoms with Gasteiger partial charge in [-0.2, -0.15) is 0 Å². The van der Waals surface area contributed by atoms with Gasteiger partial charge in [0.25, 0.3) is 0 Å². The Morgan fingerprint density at radius 3 is 2.52 bits per heavy atom. The Bertz CT molecular complexity index is 882. The Hall–Kier alpha value is -3.01. The van der Waals surface area contributed by atoms with E-state index in [1.54, 1.807) is 7.11 Å². The lowest BCUT2D eigenvalue weighted by molar-refractivity contribution is 0.101. The number of carbonyl (C=O) groups excluding carboxylic acids is 1. The summed E-state index contributed by atoms with van der Waals surface area (Å²) in [5.41, 5.74) is 4.69. The number of aromatic nitrogens is 1. The molecule has 0 radical (unpaired) electrons. The van der Waals surface area contributed by atoms with Crippen LogP contribution in [0.25, 0.3) is 5.69 Å². The zero-order valence-electron chi connectivity index (χ0n) is 14.7. The number of Topliss-reactive ketones (excluding diaryl/α,β-unsaturated/α-hetero) is 1. The molecule has 128 valence electrons. The molecule has 0 atom stereocenters. The average molecular weight is 334 g/mol. The molecule has 0 unspecified atom stereocenters. The van der Waals surface area contributed by atoms with Gasteiger partial charge in [0.2, 0.25) is 0 Å². The van der Waals surface area contributed by atoms with Gasteiger partial charge in [0.1, 0.15) is 5.75 Å². The highest BCUT2D eigenvalue weighted by Gasteiger charge is 2.16. The summed E-state index contributed by atoms with van der Waals surface area (Å²) in [6, 6.07) is 19.6. The molecule has 4 nitrogen and oxygen atoms in total. The fourth-order valence-electron chi connectivity index (χ4n) is 3.03. The minimum absolute atomic E-state index is 0.0677. The van der Waals surface area contributed by atoms with Crippen molar-refractivity contribution in [2.24, 2.45) is 0 Å². The highest BCUT2D eigenvalue weighted by molar-refractivity contribution is 6.00. The van der Waals surface area contributed by atoms with E-state index in [2.05, 4.69) is 9.88 Å². The normalized spacial score (nSPS) is 10.5. The van der Waals surface area contributed by atoms with Gasteiger partial charge in [0.05, 0.1) is 13.7 Å². The van der Waals surface area contributed by atoms with E-state index >= 15 is 0 Å². The summed E-state index contributed by atoms with van der Waals surface area (Å²) in [5.74, 6) is 0.831. The Labute approximate surface area is 148 Å². The van der Waals surface area contributed by atoms with E-state index in [-0.39, 0.29) is 12.3 Å². The fourth-order valence-corrected chi connectivity index (χ4v) is 3.03. The number of methoxy groups -OCH3 is 1. The Kier molecular flexibility index (Phi) is 4.89. The molecule has 0 aliphatic rings. The topological polar surface area (TPSA) is 43.3 Å². The average Bonchev–Trinajstić information content (AvgIpc) is 2.95. The molecule has 4 heteroatoms. The number of ketones is 1. The summed E-state index contributed by atoms with van der Waals surface area (Å²) in [5, 5.41) is 3.17. The molecule has 1 aromatic heterocycles. The first-order valence-electron chi connectivity index (χ1n) is 8.25. The third-order valence-electron chi connectivity index (χ3n) is 4.27. The summed E-state index contributed by atoms with van der Waals surface area (Å²) < 4.78 is 7.32. The number of nitrogens with zero attached hydrogens (tertiary/aromatic N) is 1. The number of nitrogens with one attached hydrogen (secondary N) is 1. The first kappa shape index (κ1) is 16.8. The predicted molar refractivity (Wildman–Crippen MR) is 101 cm³/mol. The van der Waals surface area contributed by atoms with Gasteiger partial charge in [-0.05, 0) is 44.2 Å². The molecule has 0 fully saturated rings. The van der Waals surface area contributed by atoms with Crippen molar-refractivity contribution < 1.29 is 9.53 Å². The second kappa shape index (κ2) is 7.26. The molecule has 2 aromatic carbocycles. The first-order chi connectivity index (χ1) is 12.1. The third-order valence-corrected chi connectivity index (χ3v) is 4.27. The number of rotatable bonds is 6. The minimum Gasteiger partial charge on any atom is -0.497 e. The van der Waals surface area contributed by atoms with Gasteiger partial charge < -0.3 is 14.6 Å². The highest BCUT2D eigenvalue weighted by atomic mass is 16.5. The van der Waals surface area contributed by atoms with Gasteiger partial charge in [0.15, 0.2) is 5.78 Å². The molecule has 25 heavy (non-hydrogen) atoms. The fraction of sp³-hybridized carbons (Fsp3) is 0.190. The maximum atomic E-state index is 12.7. The van der Waals surface area contributed by atoms with Crippen LogP contribution < -0.4 is 10.1 Å². The zero-order valence-corrected chi connectivity index (χ0v) is 14.7. The second-order valence-corrected chi connectivity index (χ2v) is 5.96. The Balaban J connectivity index is 1.79. The molecule has 3 aromatic rings. The van der Waals surface area contributed by atoms with Gasteiger partial charge in [-0.1, -0.05) is 24.3 Å². The van der Waals surface area contributed by atoms with Crippen molar-refractivity contribution in [1.29, 1.82) is 0 Å². The van der Waals surface area contributed by atoms with Crippen LogP contribution in [0.1, 0.15) is 21.7 Å². The molecule has 1 heterocycles. The van der Waals surface area contributed by atoms with Crippen LogP contribution in [0.4, 0.5) is 5.69 Å². The smallest absolute Gasteiger partial charge is 0.183 e.